The van der Waals surface area contributed by atoms with Gasteiger partial charge < -0.3 is 19.1 Å². The molecule has 0 bridgehead atoms. The first-order valence-corrected chi connectivity index (χ1v) is 10.9. The monoisotopic (exact) mass is 448 g/mol. The van der Waals surface area contributed by atoms with Crippen LogP contribution in [0.25, 0.3) is 0 Å². The van der Waals surface area contributed by atoms with Gasteiger partial charge in [-0.2, -0.15) is 15.1 Å². The average Bonchev–Trinajstić information content (AvgIpc) is 2.85. The van der Waals surface area contributed by atoms with E-state index in [1.165, 1.54) is 0 Å². The zero-order valence-corrected chi connectivity index (χ0v) is 18.9. The van der Waals surface area contributed by atoms with Gasteiger partial charge in [0.2, 0.25) is 5.75 Å². The minimum atomic E-state index is 0.251. The van der Waals surface area contributed by atoms with Crippen molar-refractivity contribution in [2.24, 2.45) is 5.10 Å². The molecule has 9 heteroatoms. The van der Waals surface area contributed by atoms with Crippen molar-refractivity contribution in [3.8, 4) is 11.8 Å². The third-order valence-electron chi connectivity index (χ3n) is 5.08. The molecule has 4 rings (SSSR count). The van der Waals surface area contributed by atoms with E-state index in [1.54, 1.807) is 19.5 Å². The summed E-state index contributed by atoms with van der Waals surface area (Å²) in [5.74, 6) is 1.60. The van der Waals surface area contributed by atoms with Crippen LogP contribution in [0, 0.1) is 6.92 Å². The number of anilines is 2. The molecule has 1 saturated heterocycles. The fourth-order valence-electron chi connectivity index (χ4n) is 3.45. The number of nitrogens with one attached hydrogen (secondary N) is 1. The highest BCUT2D eigenvalue weighted by Crippen LogP contribution is 2.35. The lowest BCUT2D eigenvalue weighted by molar-refractivity contribution is 0.122. The molecule has 33 heavy (non-hydrogen) atoms. The van der Waals surface area contributed by atoms with Crippen molar-refractivity contribution in [1.29, 1.82) is 0 Å². The zero-order valence-electron chi connectivity index (χ0n) is 18.9. The number of rotatable bonds is 9. The molecule has 1 fully saturated rings. The van der Waals surface area contributed by atoms with Crippen molar-refractivity contribution in [2.45, 2.75) is 13.3 Å². The van der Waals surface area contributed by atoms with Crippen LogP contribution in [0.5, 0.6) is 11.8 Å². The summed E-state index contributed by atoms with van der Waals surface area (Å²) in [4.78, 5) is 15.6. The third kappa shape index (κ3) is 6.17. The number of hydrazone groups is 1. The molecule has 1 aromatic carbocycles. The van der Waals surface area contributed by atoms with Crippen molar-refractivity contribution in [3.63, 3.8) is 0 Å². The summed E-state index contributed by atoms with van der Waals surface area (Å²) >= 11 is 0. The highest BCUT2D eigenvalue weighted by Gasteiger charge is 2.23. The van der Waals surface area contributed by atoms with Crippen molar-refractivity contribution < 1.29 is 14.2 Å². The van der Waals surface area contributed by atoms with Gasteiger partial charge in [0.05, 0.1) is 33.1 Å². The molecule has 3 heterocycles. The van der Waals surface area contributed by atoms with Crippen LogP contribution in [0.4, 0.5) is 11.6 Å². The number of pyridine rings is 1. The number of nitrogens with zero attached hydrogens (tertiary/aromatic N) is 5. The summed E-state index contributed by atoms with van der Waals surface area (Å²) in [5.41, 5.74) is 6.09. The highest BCUT2D eigenvalue weighted by atomic mass is 16.5. The molecule has 0 atom stereocenters. The molecule has 2 aromatic heterocycles. The SMILES string of the molecule is COc1c(NN=Cc2cccc(C)c2)nc(OCCc2ccccn2)nc1N1CCOCC1. The van der Waals surface area contributed by atoms with Crippen LogP contribution < -0.4 is 19.8 Å². The minimum Gasteiger partial charge on any atom is -0.490 e. The van der Waals surface area contributed by atoms with E-state index in [0.717, 1.165) is 16.8 Å². The Morgan fingerprint density at radius 3 is 2.79 bits per heavy atom. The van der Waals surface area contributed by atoms with Crippen molar-refractivity contribution in [3.05, 3.63) is 65.5 Å². The van der Waals surface area contributed by atoms with Gasteiger partial charge >= 0.3 is 6.01 Å². The van der Waals surface area contributed by atoms with Gasteiger partial charge in [0.15, 0.2) is 11.6 Å². The molecule has 0 amide bonds. The van der Waals surface area contributed by atoms with E-state index in [2.05, 4.69) is 30.4 Å². The van der Waals surface area contributed by atoms with Gasteiger partial charge in [-0.1, -0.05) is 35.9 Å². The van der Waals surface area contributed by atoms with Crippen LogP contribution >= 0.6 is 0 Å². The molecule has 172 valence electrons. The van der Waals surface area contributed by atoms with Crippen LogP contribution in [0.3, 0.4) is 0 Å². The van der Waals surface area contributed by atoms with Crippen LogP contribution in [-0.2, 0) is 11.2 Å². The summed E-state index contributed by atoms with van der Waals surface area (Å²) in [7, 11) is 1.60. The normalized spacial score (nSPS) is 13.8. The summed E-state index contributed by atoms with van der Waals surface area (Å²) in [6, 6.07) is 14.1. The largest absolute Gasteiger partial charge is 0.490 e. The molecule has 0 saturated carbocycles. The maximum Gasteiger partial charge on any atom is 0.320 e. The Morgan fingerprint density at radius 1 is 1.15 bits per heavy atom. The van der Waals surface area contributed by atoms with Crippen LogP contribution in [0.1, 0.15) is 16.8 Å². The standard InChI is InChI=1S/C24H28N6O3/c1-18-6-5-7-19(16-18)17-26-29-22-21(31-2)23(30-11-14-32-15-12-30)28-24(27-22)33-13-9-20-8-3-4-10-25-20/h3-8,10,16-17H,9,11-15H2,1-2H3,(H,27,28,29). The smallest absolute Gasteiger partial charge is 0.320 e. The lowest BCUT2D eigenvalue weighted by atomic mass is 10.2. The molecule has 0 unspecified atom stereocenters. The van der Waals surface area contributed by atoms with E-state index >= 15 is 0 Å². The molecule has 1 aliphatic rings. The van der Waals surface area contributed by atoms with E-state index in [9.17, 15) is 0 Å². The van der Waals surface area contributed by atoms with Gasteiger partial charge in [-0.15, -0.1) is 0 Å². The van der Waals surface area contributed by atoms with Crippen LogP contribution in [0.2, 0.25) is 0 Å². The first kappa shape index (κ1) is 22.5. The Bertz CT molecular complexity index is 1070. The molecule has 0 radical (unpaired) electrons. The summed E-state index contributed by atoms with van der Waals surface area (Å²) < 4.78 is 17.1. The molecular formula is C24H28N6O3. The number of ether oxygens (including phenoxy) is 3. The Morgan fingerprint density at radius 2 is 2.03 bits per heavy atom. The van der Waals surface area contributed by atoms with E-state index in [4.69, 9.17) is 14.2 Å². The molecule has 1 aliphatic heterocycles. The van der Waals surface area contributed by atoms with Gasteiger partial charge in [0.25, 0.3) is 0 Å². The summed E-state index contributed by atoms with van der Waals surface area (Å²) in [5, 5.41) is 4.36. The second kappa shape index (κ2) is 11.2. The fraction of sp³-hybridized carbons (Fsp3) is 0.333. The molecular weight excluding hydrogens is 420 g/mol. The van der Waals surface area contributed by atoms with E-state index in [-0.39, 0.29) is 6.01 Å². The Labute approximate surface area is 193 Å². The van der Waals surface area contributed by atoms with Gasteiger partial charge in [-0.3, -0.25) is 10.4 Å². The maximum absolute atomic E-state index is 5.89. The van der Waals surface area contributed by atoms with Crippen molar-refractivity contribution >= 4 is 17.9 Å². The third-order valence-corrected chi connectivity index (χ3v) is 5.08. The van der Waals surface area contributed by atoms with Crippen LogP contribution in [-0.4, -0.2) is 61.2 Å². The number of methoxy groups -OCH3 is 1. The van der Waals surface area contributed by atoms with Crippen molar-refractivity contribution in [2.75, 3.05) is 50.3 Å². The number of hydrogen-bond donors (Lipinski definition) is 1. The first-order valence-electron chi connectivity index (χ1n) is 10.9. The van der Waals surface area contributed by atoms with Gasteiger partial charge in [-0.25, -0.2) is 0 Å². The van der Waals surface area contributed by atoms with E-state index in [0.29, 0.717) is 56.7 Å². The summed E-state index contributed by atoms with van der Waals surface area (Å²) in [6.07, 6.45) is 4.16. The maximum atomic E-state index is 5.89. The van der Waals surface area contributed by atoms with Crippen LogP contribution in [0.15, 0.2) is 53.8 Å². The van der Waals surface area contributed by atoms with E-state index < -0.39 is 0 Å². The zero-order chi connectivity index (χ0) is 22.9. The molecule has 0 spiro atoms. The van der Waals surface area contributed by atoms with Gasteiger partial charge in [0, 0.05) is 31.4 Å². The fourth-order valence-corrected chi connectivity index (χ4v) is 3.45. The molecule has 1 N–H and O–H groups in total. The number of hydrogen-bond acceptors (Lipinski definition) is 9. The van der Waals surface area contributed by atoms with Gasteiger partial charge in [-0.05, 0) is 24.6 Å². The molecule has 3 aromatic rings. The second-order valence-corrected chi connectivity index (χ2v) is 7.51. The predicted molar refractivity (Wildman–Crippen MR) is 127 cm³/mol. The number of benzene rings is 1. The minimum absolute atomic E-state index is 0.251. The highest BCUT2D eigenvalue weighted by molar-refractivity contribution is 5.80. The summed E-state index contributed by atoms with van der Waals surface area (Å²) in [6.45, 7) is 5.09. The number of aromatic nitrogens is 3. The quantitative estimate of drug-likeness (QED) is 0.394. The second-order valence-electron chi connectivity index (χ2n) is 7.51. The molecule has 9 nitrogen and oxygen atoms in total. The lowest BCUT2D eigenvalue weighted by Crippen LogP contribution is -2.37. The molecule has 0 aliphatic carbocycles. The number of morpholine rings is 1. The average molecular weight is 449 g/mol. The topological polar surface area (TPSA) is 94.0 Å². The Balaban J connectivity index is 1.56. The van der Waals surface area contributed by atoms with Gasteiger partial charge in [0.1, 0.15) is 0 Å². The van der Waals surface area contributed by atoms with Crippen molar-refractivity contribution in [1.82, 2.24) is 15.0 Å². The lowest BCUT2D eigenvalue weighted by Gasteiger charge is -2.29. The Hall–Kier alpha value is -3.72. The predicted octanol–water partition coefficient (Wildman–Crippen LogP) is 3.09. The van der Waals surface area contributed by atoms with E-state index in [1.807, 2.05) is 49.4 Å². The Kier molecular flexibility index (Phi) is 7.65. The number of aryl methyl sites for hydroxylation is 1. The first-order chi connectivity index (χ1) is 16.2.